The second-order valence-corrected chi connectivity index (χ2v) is 5.41. The van der Waals surface area contributed by atoms with Crippen LogP contribution in [0.3, 0.4) is 0 Å². The van der Waals surface area contributed by atoms with Crippen LogP contribution in [0, 0.1) is 0 Å². The first-order chi connectivity index (χ1) is 11.2. The highest BCUT2D eigenvalue weighted by molar-refractivity contribution is 6.01. The van der Waals surface area contributed by atoms with Gasteiger partial charge in [0.05, 0.1) is 5.56 Å². The molecule has 0 aliphatic carbocycles. The Bertz CT molecular complexity index is 661. The molecule has 0 aromatic heterocycles. The Morgan fingerprint density at radius 1 is 1.29 bits per heavy atom. The van der Waals surface area contributed by atoms with E-state index in [0.717, 1.165) is 17.0 Å². The maximum atomic E-state index is 12.6. The number of amides is 4. The number of rotatable bonds is 5. The number of carbonyl (C=O) groups is 3. The zero-order valence-corrected chi connectivity index (χ0v) is 12.9. The van der Waals surface area contributed by atoms with Gasteiger partial charge < -0.3 is 10.2 Å². The number of hydrogen-bond donors (Lipinski definition) is 1. The average Bonchev–Trinajstić information content (AvgIpc) is 2.73. The second-order valence-electron chi connectivity index (χ2n) is 5.41. The predicted molar refractivity (Wildman–Crippen MR) is 79.0 cm³/mol. The molecule has 0 bridgehead atoms. The number of nitrogens with one attached hydrogen (secondary N) is 1. The first-order valence-electron chi connectivity index (χ1n) is 7.21. The van der Waals surface area contributed by atoms with E-state index in [9.17, 15) is 27.6 Å². The molecule has 1 saturated heterocycles. The fraction of sp³-hybridized carbons (Fsp3) is 0.400. The average molecular weight is 343 g/mol. The number of alkyl halides is 3. The first-order valence-corrected chi connectivity index (χ1v) is 7.21. The molecule has 2 rings (SSSR count). The van der Waals surface area contributed by atoms with Crippen LogP contribution in [0.2, 0.25) is 0 Å². The zero-order valence-electron chi connectivity index (χ0n) is 12.9. The molecule has 1 aliphatic heterocycles. The molecule has 0 saturated carbocycles. The van der Waals surface area contributed by atoms with Crippen LogP contribution in [0.15, 0.2) is 24.3 Å². The van der Waals surface area contributed by atoms with E-state index in [1.807, 2.05) is 0 Å². The molecule has 9 heteroatoms. The van der Waals surface area contributed by atoms with E-state index in [1.165, 1.54) is 24.1 Å². The molecule has 6 nitrogen and oxygen atoms in total. The highest BCUT2D eigenvalue weighted by Gasteiger charge is 2.33. The van der Waals surface area contributed by atoms with Gasteiger partial charge in [-0.25, -0.2) is 4.79 Å². The van der Waals surface area contributed by atoms with Gasteiger partial charge in [-0.15, -0.1) is 0 Å². The summed E-state index contributed by atoms with van der Waals surface area (Å²) in [5.74, 6) is -0.817. The number of urea groups is 1. The summed E-state index contributed by atoms with van der Waals surface area (Å²) in [7, 11) is 1.50. The third kappa shape index (κ3) is 4.24. The second kappa shape index (κ2) is 6.90. The number of likely N-dealkylation sites (N-methyl/N-ethyl adjacent to an activating group) is 1. The van der Waals surface area contributed by atoms with Crippen LogP contribution in [-0.4, -0.2) is 47.8 Å². The molecule has 1 aromatic rings. The van der Waals surface area contributed by atoms with E-state index in [0.29, 0.717) is 0 Å². The summed E-state index contributed by atoms with van der Waals surface area (Å²) in [6.07, 6.45) is -4.27. The summed E-state index contributed by atoms with van der Waals surface area (Å²) >= 11 is 0. The van der Waals surface area contributed by atoms with Crippen molar-refractivity contribution in [1.29, 1.82) is 0 Å². The minimum Gasteiger partial charge on any atom is -0.326 e. The maximum Gasteiger partial charge on any atom is 0.416 e. The molecule has 1 N–H and O–H groups in total. The van der Waals surface area contributed by atoms with Crippen LogP contribution in [0.1, 0.15) is 18.4 Å². The largest absolute Gasteiger partial charge is 0.416 e. The van der Waals surface area contributed by atoms with Crippen molar-refractivity contribution in [3.05, 3.63) is 29.8 Å². The monoisotopic (exact) mass is 343 g/mol. The molecule has 0 radical (unpaired) electrons. The minimum absolute atomic E-state index is 0.00919. The van der Waals surface area contributed by atoms with Gasteiger partial charge in [0.2, 0.25) is 11.8 Å². The number of imide groups is 1. The van der Waals surface area contributed by atoms with Gasteiger partial charge in [0, 0.05) is 25.7 Å². The number of carbonyl (C=O) groups excluding carboxylic acids is 3. The first kappa shape index (κ1) is 17.8. The number of nitrogens with zero attached hydrogens (tertiary/aromatic N) is 2. The third-order valence-electron chi connectivity index (χ3n) is 3.49. The molecule has 4 amide bonds. The summed E-state index contributed by atoms with van der Waals surface area (Å²) in [6.45, 7) is 0.104. The summed E-state index contributed by atoms with van der Waals surface area (Å²) in [5.41, 5.74) is -0.806. The fourth-order valence-electron chi connectivity index (χ4n) is 2.28. The molecule has 1 aliphatic rings. The Labute approximate surface area is 136 Å². The van der Waals surface area contributed by atoms with Crippen molar-refractivity contribution in [3.63, 3.8) is 0 Å². The molecule has 0 atom stereocenters. The molecular weight excluding hydrogens is 327 g/mol. The topological polar surface area (TPSA) is 69.7 Å². The molecular formula is C15H16F3N3O3. The lowest BCUT2D eigenvalue weighted by molar-refractivity contribution is -0.137. The van der Waals surface area contributed by atoms with Crippen LogP contribution in [0.5, 0.6) is 0 Å². The normalized spacial score (nSPS) is 15.2. The zero-order chi connectivity index (χ0) is 17.9. The standard InChI is InChI=1S/C15H16F3N3O3/c1-20-9-13(23)21(14(20)24)7-3-6-12(22)19-11-5-2-4-10(8-11)15(16,17)18/h2,4-5,8H,3,6-7,9H2,1H3,(H,19,22). The van der Waals surface area contributed by atoms with Crippen molar-refractivity contribution in [2.45, 2.75) is 19.0 Å². The van der Waals surface area contributed by atoms with Gasteiger partial charge in [0.1, 0.15) is 6.54 Å². The van der Waals surface area contributed by atoms with E-state index in [1.54, 1.807) is 0 Å². The maximum absolute atomic E-state index is 12.6. The minimum atomic E-state index is -4.48. The van der Waals surface area contributed by atoms with E-state index in [-0.39, 0.29) is 37.5 Å². The number of hydrogen-bond acceptors (Lipinski definition) is 3. The number of anilines is 1. The quantitative estimate of drug-likeness (QED) is 0.834. The molecule has 0 unspecified atom stereocenters. The van der Waals surface area contributed by atoms with Crippen molar-refractivity contribution in [1.82, 2.24) is 9.80 Å². The summed E-state index contributed by atoms with van der Waals surface area (Å²) in [4.78, 5) is 37.3. The van der Waals surface area contributed by atoms with Crippen molar-refractivity contribution in [2.75, 3.05) is 25.5 Å². The summed E-state index contributed by atoms with van der Waals surface area (Å²) in [5, 5.41) is 2.37. The van der Waals surface area contributed by atoms with E-state index >= 15 is 0 Å². The van der Waals surface area contributed by atoms with E-state index < -0.39 is 23.7 Å². The van der Waals surface area contributed by atoms with Gasteiger partial charge in [0.25, 0.3) is 0 Å². The van der Waals surface area contributed by atoms with Gasteiger partial charge >= 0.3 is 12.2 Å². The molecule has 130 valence electrons. The highest BCUT2D eigenvalue weighted by Crippen LogP contribution is 2.30. The Morgan fingerprint density at radius 2 is 2.00 bits per heavy atom. The van der Waals surface area contributed by atoms with Crippen molar-refractivity contribution >= 4 is 23.5 Å². The SMILES string of the molecule is CN1CC(=O)N(CCCC(=O)Nc2cccc(C(F)(F)F)c2)C1=O. The highest BCUT2D eigenvalue weighted by atomic mass is 19.4. The molecule has 24 heavy (non-hydrogen) atoms. The molecule has 1 aromatic carbocycles. The van der Waals surface area contributed by atoms with Gasteiger partial charge in [-0.1, -0.05) is 6.07 Å². The smallest absolute Gasteiger partial charge is 0.326 e. The number of halogens is 3. The van der Waals surface area contributed by atoms with Crippen LogP contribution < -0.4 is 5.32 Å². The van der Waals surface area contributed by atoms with Gasteiger partial charge in [-0.05, 0) is 24.6 Å². The number of benzene rings is 1. The fourth-order valence-corrected chi connectivity index (χ4v) is 2.28. The van der Waals surface area contributed by atoms with Crippen molar-refractivity contribution in [2.24, 2.45) is 0 Å². The predicted octanol–water partition coefficient (Wildman–Crippen LogP) is 2.32. The lowest BCUT2D eigenvalue weighted by Crippen LogP contribution is -2.32. The van der Waals surface area contributed by atoms with Crippen LogP contribution >= 0.6 is 0 Å². The van der Waals surface area contributed by atoms with Gasteiger partial charge in [-0.2, -0.15) is 13.2 Å². The third-order valence-corrected chi connectivity index (χ3v) is 3.49. The summed E-state index contributed by atoms with van der Waals surface area (Å²) in [6, 6.07) is 3.90. The lowest BCUT2D eigenvalue weighted by Gasteiger charge is -2.14. The Balaban J connectivity index is 1.84. The Morgan fingerprint density at radius 3 is 2.58 bits per heavy atom. The lowest BCUT2D eigenvalue weighted by atomic mass is 10.2. The molecule has 1 heterocycles. The van der Waals surface area contributed by atoms with E-state index in [4.69, 9.17) is 0 Å². The van der Waals surface area contributed by atoms with Crippen LogP contribution in [0.4, 0.5) is 23.7 Å². The van der Waals surface area contributed by atoms with Crippen molar-refractivity contribution in [3.8, 4) is 0 Å². The van der Waals surface area contributed by atoms with Gasteiger partial charge in [-0.3, -0.25) is 14.5 Å². The van der Waals surface area contributed by atoms with Crippen molar-refractivity contribution < 1.29 is 27.6 Å². The molecule has 1 fully saturated rings. The Hall–Kier alpha value is -2.58. The van der Waals surface area contributed by atoms with Crippen LogP contribution in [0.25, 0.3) is 0 Å². The van der Waals surface area contributed by atoms with Crippen LogP contribution in [-0.2, 0) is 15.8 Å². The summed E-state index contributed by atoms with van der Waals surface area (Å²) < 4.78 is 37.8. The Kier molecular flexibility index (Phi) is 5.10. The van der Waals surface area contributed by atoms with E-state index in [2.05, 4.69) is 5.32 Å². The van der Waals surface area contributed by atoms with Gasteiger partial charge in [0.15, 0.2) is 0 Å². The molecule has 0 spiro atoms.